The molecule has 0 aromatic carbocycles. The summed E-state index contributed by atoms with van der Waals surface area (Å²) in [6.45, 7) is 11.0. The molecule has 2 fully saturated rings. The molecule has 0 radical (unpaired) electrons. The summed E-state index contributed by atoms with van der Waals surface area (Å²) in [5.74, 6) is 0. The van der Waals surface area contributed by atoms with Crippen LogP contribution in [-0.4, -0.2) is 74.4 Å². The second kappa shape index (κ2) is 6.14. The Hall–Kier alpha value is -0.160. The number of hydrogen-bond acceptors (Lipinski definition) is 4. The van der Waals surface area contributed by atoms with Gasteiger partial charge in [-0.3, -0.25) is 4.90 Å². The van der Waals surface area contributed by atoms with Gasteiger partial charge < -0.3 is 15.0 Å². The summed E-state index contributed by atoms with van der Waals surface area (Å²) < 4.78 is 5.49. The summed E-state index contributed by atoms with van der Waals surface area (Å²) >= 11 is 0. The first kappa shape index (κ1) is 13.3. The lowest BCUT2D eigenvalue weighted by Crippen LogP contribution is -2.55. The van der Waals surface area contributed by atoms with Gasteiger partial charge in [0.15, 0.2) is 0 Å². The summed E-state index contributed by atoms with van der Waals surface area (Å²) in [4.78, 5) is 5.09. The van der Waals surface area contributed by atoms with Gasteiger partial charge in [-0.2, -0.15) is 0 Å². The zero-order valence-corrected chi connectivity index (χ0v) is 11.5. The van der Waals surface area contributed by atoms with Gasteiger partial charge >= 0.3 is 0 Å². The van der Waals surface area contributed by atoms with Crippen LogP contribution in [0.4, 0.5) is 0 Å². The first-order valence-electron chi connectivity index (χ1n) is 6.92. The van der Waals surface area contributed by atoms with Crippen LogP contribution in [0.2, 0.25) is 0 Å². The highest BCUT2D eigenvalue weighted by molar-refractivity contribution is 4.83. The molecule has 17 heavy (non-hydrogen) atoms. The molecular weight excluding hydrogens is 214 g/mol. The standard InChI is InChI=1S/C13H27N3O/c1-11-8-16(9-12(2)15(11)3)6-4-13-10-17-7-5-14-13/h11-14H,4-10H2,1-3H3. The maximum absolute atomic E-state index is 5.49. The van der Waals surface area contributed by atoms with Crippen molar-refractivity contribution in [2.45, 2.75) is 38.4 Å². The molecule has 0 spiro atoms. The molecule has 4 nitrogen and oxygen atoms in total. The van der Waals surface area contributed by atoms with E-state index in [0.29, 0.717) is 18.1 Å². The third-order valence-corrected chi connectivity index (χ3v) is 4.23. The number of likely N-dealkylation sites (N-methyl/N-ethyl adjacent to an activating group) is 1. The highest BCUT2D eigenvalue weighted by Crippen LogP contribution is 2.14. The van der Waals surface area contributed by atoms with Gasteiger partial charge in [0, 0.05) is 37.8 Å². The van der Waals surface area contributed by atoms with Crippen molar-refractivity contribution in [1.29, 1.82) is 0 Å². The van der Waals surface area contributed by atoms with E-state index in [1.807, 2.05) is 0 Å². The van der Waals surface area contributed by atoms with Crippen molar-refractivity contribution in [3.05, 3.63) is 0 Å². The summed E-state index contributed by atoms with van der Waals surface area (Å²) in [6, 6.07) is 1.91. The van der Waals surface area contributed by atoms with E-state index in [1.54, 1.807) is 0 Å². The molecular formula is C13H27N3O. The van der Waals surface area contributed by atoms with Crippen LogP contribution < -0.4 is 5.32 Å². The lowest BCUT2D eigenvalue weighted by molar-refractivity contribution is 0.0438. The first-order valence-corrected chi connectivity index (χ1v) is 6.92. The van der Waals surface area contributed by atoms with Crippen molar-refractivity contribution in [3.63, 3.8) is 0 Å². The molecule has 2 heterocycles. The zero-order chi connectivity index (χ0) is 12.3. The Morgan fingerprint density at radius 3 is 2.53 bits per heavy atom. The van der Waals surface area contributed by atoms with Gasteiger partial charge in [0.1, 0.15) is 0 Å². The van der Waals surface area contributed by atoms with Gasteiger partial charge in [-0.15, -0.1) is 0 Å². The zero-order valence-electron chi connectivity index (χ0n) is 11.5. The number of morpholine rings is 1. The van der Waals surface area contributed by atoms with E-state index >= 15 is 0 Å². The molecule has 4 heteroatoms. The van der Waals surface area contributed by atoms with Crippen LogP contribution in [0.1, 0.15) is 20.3 Å². The molecule has 2 aliphatic heterocycles. The Bertz CT molecular complexity index is 219. The third-order valence-electron chi connectivity index (χ3n) is 4.23. The number of piperazine rings is 1. The fraction of sp³-hybridized carbons (Fsp3) is 1.00. The van der Waals surface area contributed by atoms with Crippen LogP contribution >= 0.6 is 0 Å². The van der Waals surface area contributed by atoms with Crippen molar-refractivity contribution in [1.82, 2.24) is 15.1 Å². The Labute approximate surface area is 105 Å². The van der Waals surface area contributed by atoms with Crippen LogP contribution in [0.15, 0.2) is 0 Å². The molecule has 1 N–H and O–H groups in total. The minimum Gasteiger partial charge on any atom is -0.379 e. The number of ether oxygens (including phenoxy) is 1. The van der Waals surface area contributed by atoms with Crippen molar-refractivity contribution in [2.75, 3.05) is 46.4 Å². The van der Waals surface area contributed by atoms with Crippen LogP contribution in [0.25, 0.3) is 0 Å². The molecule has 0 bridgehead atoms. The van der Waals surface area contributed by atoms with E-state index in [4.69, 9.17) is 4.74 Å². The lowest BCUT2D eigenvalue weighted by Gasteiger charge is -2.43. The summed E-state index contributed by atoms with van der Waals surface area (Å²) in [6.07, 6.45) is 1.21. The summed E-state index contributed by atoms with van der Waals surface area (Å²) in [7, 11) is 2.24. The van der Waals surface area contributed by atoms with Gasteiger partial charge in [-0.25, -0.2) is 0 Å². The molecule has 0 aliphatic carbocycles. The van der Waals surface area contributed by atoms with Crippen molar-refractivity contribution < 1.29 is 4.74 Å². The van der Waals surface area contributed by atoms with Crippen LogP contribution in [0.3, 0.4) is 0 Å². The minimum atomic E-state index is 0.564. The fourth-order valence-electron chi connectivity index (χ4n) is 2.84. The summed E-state index contributed by atoms with van der Waals surface area (Å²) in [5.41, 5.74) is 0. The second-order valence-corrected chi connectivity index (χ2v) is 5.64. The molecule has 2 saturated heterocycles. The quantitative estimate of drug-likeness (QED) is 0.773. The average molecular weight is 241 g/mol. The van der Waals surface area contributed by atoms with Crippen molar-refractivity contribution >= 4 is 0 Å². The first-order chi connectivity index (χ1) is 8.16. The molecule has 0 amide bonds. The minimum absolute atomic E-state index is 0.564. The summed E-state index contributed by atoms with van der Waals surface area (Å²) in [5, 5.41) is 3.53. The normalized spacial score (nSPS) is 37.2. The van der Waals surface area contributed by atoms with Gasteiger partial charge in [0.05, 0.1) is 13.2 Å². The van der Waals surface area contributed by atoms with Gasteiger partial charge in [-0.1, -0.05) is 0 Å². The van der Waals surface area contributed by atoms with Crippen LogP contribution in [0, 0.1) is 0 Å². The van der Waals surface area contributed by atoms with E-state index in [1.165, 1.54) is 26.1 Å². The molecule has 100 valence electrons. The van der Waals surface area contributed by atoms with Gasteiger partial charge in [0.25, 0.3) is 0 Å². The average Bonchev–Trinajstić information content (AvgIpc) is 2.34. The number of nitrogens with one attached hydrogen (secondary N) is 1. The number of hydrogen-bond donors (Lipinski definition) is 1. The van der Waals surface area contributed by atoms with Crippen LogP contribution in [0.5, 0.6) is 0 Å². The Kier molecular flexibility index (Phi) is 4.79. The number of nitrogens with zero attached hydrogens (tertiary/aromatic N) is 2. The van der Waals surface area contributed by atoms with E-state index < -0.39 is 0 Å². The Balaban J connectivity index is 1.71. The van der Waals surface area contributed by atoms with Gasteiger partial charge in [0.2, 0.25) is 0 Å². The molecule has 2 aliphatic rings. The largest absolute Gasteiger partial charge is 0.379 e. The maximum Gasteiger partial charge on any atom is 0.0620 e. The smallest absolute Gasteiger partial charge is 0.0620 e. The lowest BCUT2D eigenvalue weighted by atomic mass is 10.1. The van der Waals surface area contributed by atoms with Crippen molar-refractivity contribution in [3.8, 4) is 0 Å². The molecule has 3 unspecified atom stereocenters. The Morgan fingerprint density at radius 1 is 1.24 bits per heavy atom. The number of rotatable bonds is 3. The molecule has 2 rings (SSSR count). The maximum atomic E-state index is 5.49. The second-order valence-electron chi connectivity index (χ2n) is 5.64. The fourth-order valence-corrected chi connectivity index (χ4v) is 2.84. The predicted molar refractivity (Wildman–Crippen MR) is 70.4 cm³/mol. The highest BCUT2D eigenvalue weighted by Gasteiger charge is 2.26. The Morgan fingerprint density at radius 2 is 1.94 bits per heavy atom. The topological polar surface area (TPSA) is 27.7 Å². The third kappa shape index (κ3) is 3.65. The monoisotopic (exact) mass is 241 g/mol. The van der Waals surface area contributed by atoms with Crippen LogP contribution in [-0.2, 0) is 4.74 Å². The molecule has 3 atom stereocenters. The van der Waals surface area contributed by atoms with E-state index in [-0.39, 0.29) is 0 Å². The predicted octanol–water partition coefficient (Wildman–Crippen LogP) is 0.389. The molecule has 0 aromatic heterocycles. The van der Waals surface area contributed by atoms with E-state index in [2.05, 4.69) is 36.0 Å². The SMILES string of the molecule is CC1CN(CCC2COCCN2)CC(C)N1C. The van der Waals surface area contributed by atoms with Gasteiger partial charge in [-0.05, 0) is 33.9 Å². The molecule has 0 aromatic rings. The van der Waals surface area contributed by atoms with Crippen molar-refractivity contribution in [2.24, 2.45) is 0 Å². The van der Waals surface area contributed by atoms with E-state index in [9.17, 15) is 0 Å². The molecule has 0 saturated carbocycles. The van der Waals surface area contributed by atoms with E-state index in [0.717, 1.165) is 19.8 Å². The highest BCUT2D eigenvalue weighted by atomic mass is 16.5.